The van der Waals surface area contributed by atoms with E-state index in [-0.39, 0.29) is 18.1 Å². The van der Waals surface area contributed by atoms with Gasteiger partial charge in [-0.1, -0.05) is 12.1 Å². The third kappa shape index (κ3) is 3.35. The van der Waals surface area contributed by atoms with E-state index >= 15 is 0 Å². The molecule has 0 N–H and O–H groups in total. The third-order valence-electron chi connectivity index (χ3n) is 4.25. The minimum atomic E-state index is -0.299. The first kappa shape index (κ1) is 14.8. The second-order valence-corrected chi connectivity index (χ2v) is 5.98. The maximum Gasteiger partial charge on any atom is 0.226 e. The van der Waals surface area contributed by atoms with Crippen LogP contribution < -0.4 is 0 Å². The Kier molecular flexibility index (Phi) is 4.22. The number of aryl methyl sites for hydroxylation is 1. The second kappa shape index (κ2) is 6.30. The number of hydrogen-bond acceptors (Lipinski definition) is 2. The fraction of sp³-hybridized carbons (Fsp3) is 0.412. The molecule has 0 radical (unpaired) electrons. The van der Waals surface area contributed by atoms with Gasteiger partial charge in [0.1, 0.15) is 11.6 Å². The zero-order chi connectivity index (χ0) is 15.5. The van der Waals surface area contributed by atoms with Crippen molar-refractivity contribution in [3.8, 4) is 0 Å². The summed E-state index contributed by atoms with van der Waals surface area (Å²) < 4.78 is 15.3. The molecule has 1 aromatic carbocycles. The minimum absolute atomic E-state index is 0.0273. The van der Waals surface area contributed by atoms with Crippen LogP contribution in [0.3, 0.4) is 0 Å². The topological polar surface area (TPSA) is 38.1 Å². The van der Waals surface area contributed by atoms with Crippen molar-refractivity contribution < 1.29 is 9.18 Å². The lowest BCUT2D eigenvalue weighted by molar-refractivity contribution is -0.129. The van der Waals surface area contributed by atoms with E-state index in [4.69, 9.17) is 0 Å². The summed E-state index contributed by atoms with van der Waals surface area (Å²) in [6, 6.07) is 6.23. The van der Waals surface area contributed by atoms with Gasteiger partial charge in [-0.05, 0) is 30.0 Å². The monoisotopic (exact) mass is 301 g/mol. The number of amides is 1. The average Bonchev–Trinajstić information content (AvgIpc) is 2.94. The molecule has 3 rings (SSSR count). The highest BCUT2D eigenvalue weighted by Gasteiger charge is 2.22. The Hall–Kier alpha value is -2.17. The van der Waals surface area contributed by atoms with Crippen LogP contribution in [-0.4, -0.2) is 34.0 Å². The molecule has 1 aliphatic rings. The maximum atomic E-state index is 13.2. The van der Waals surface area contributed by atoms with E-state index in [1.165, 1.54) is 12.1 Å². The fourth-order valence-electron chi connectivity index (χ4n) is 3.02. The largest absolute Gasteiger partial charge is 0.345 e. The summed E-state index contributed by atoms with van der Waals surface area (Å²) in [5.74, 6) is 1.27. The molecule has 0 aliphatic carbocycles. The molecule has 2 heterocycles. The molecule has 116 valence electrons. The molecule has 2 aromatic rings. The summed E-state index contributed by atoms with van der Waals surface area (Å²) in [5.41, 5.74) is 0.719. The van der Waals surface area contributed by atoms with Crippen LogP contribution in [0.2, 0.25) is 0 Å². The number of carbonyl (C=O) groups excluding carboxylic acids is 1. The fourth-order valence-corrected chi connectivity index (χ4v) is 3.02. The van der Waals surface area contributed by atoms with E-state index in [9.17, 15) is 9.18 Å². The van der Waals surface area contributed by atoms with E-state index in [1.54, 1.807) is 17.0 Å². The van der Waals surface area contributed by atoms with Gasteiger partial charge in [-0.15, -0.1) is 0 Å². The average molecular weight is 301 g/mol. The van der Waals surface area contributed by atoms with Gasteiger partial charge >= 0.3 is 0 Å². The summed E-state index contributed by atoms with van der Waals surface area (Å²) in [6.07, 6.45) is 6.04. The van der Waals surface area contributed by atoms with Crippen LogP contribution in [0.1, 0.15) is 17.8 Å². The smallest absolute Gasteiger partial charge is 0.226 e. The van der Waals surface area contributed by atoms with Crippen molar-refractivity contribution in [1.82, 2.24) is 14.5 Å². The summed E-state index contributed by atoms with van der Waals surface area (Å²) in [6.45, 7) is 1.69. The number of imidazole rings is 1. The van der Waals surface area contributed by atoms with Gasteiger partial charge in [0.15, 0.2) is 0 Å². The molecule has 22 heavy (non-hydrogen) atoms. The van der Waals surface area contributed by atoms with Crippen LogP contribution in [0.25, 0.3) is 0 Å². The van der Waals surface area contributed by atoms with Crippen molar-refractivity contribution in [2.45, 2.75) is 25.8 Å². The molecule has 0 bridgehead atoms. The summed E-state index contributed by atoms with van der Waals surface area (Å²) >= 11 is 0. The third-order valence-corrected chi connectivity index (χ3v) is 4.25. The number of likely N-dealkylation sites (N-methyl/N-ethyl adjacent to an activating group) is 1. The van der Waals surface area contributed by atoms with Crippen LogP contribution in [0, 0.1) is 11.7 Å². The Labute approximate surface area is 129 Å². The van der Waals surface area contributed by atoms with Gasteiger partial charge in [0, 0.05) is 39.0 Å². The quantitative estimate of drug-likeness (QED) is 0.869. The van der Waals surface area contributed by atoms with Gasteiger partial charge in [0.2, 0.25) is 5.91 Å². The molecule has 0 spiro atoms. The lowest BCUT2D eigenvalue weighted by atomic mass is 9.97. The van der Waals surface area contributed by atoms with Gasteiger partial charge in [0.25, 0.3) is 0 Å². The van der Waals surface area contributed by atoms with E-state index < -0.39 is 0 Å². The maximum absolute atomic E-state index is 13.2. The van der Waals surface area contributed by atoms with Crippen molar-refractivity contribution in [2.24, 2.45) is 5.92 Å². The van der Waals surface area contributed by atoms with Crippen molar-refractivity contribution in [3.63, 3.8) is 0 Å². The Bertz CT molecular complexity index is 667. The number of nitrogens with zero attached hydrogens (tertiary/aromatic N) is 3. The SMILES string of the molecule is CN(C[C@H]1CCn2ccnc2C1)C(=O)Cc1cccc(F)c1. The lowest BCUT2D eigenvalue weighted by Gasteiger charge is -2.28. The molecule has 1 atom stereocenters. The Morgan fingerprint density at radius 3 is 3.18 bits per heavy atom. The molecular weight excluding hydrogens is 281 g/mol. The zero-order valence-corrected chi connectivity index (χ0v) is 12.7. The van der Waals surface area contributed by atoms with E-state index in [0.29, 0.717) is 5.92 Å². The molecule has 0 fully saturated rings. The van der Waals surface area contributed by atoms with Crippen molar-refractivity contribution in [2.75, 3.05) is 13.6 Å². The molecule has 5 heteroatoms. The van der Waals surface area contributed by atoms with Crippen LogP contribution >= 0.6 is 0 Å². The Morgan fingerprint density at radius 2 is 2.36 bits per heavy atom. The second-order valence-electron chi connectivity index (χ2n) is 5.98. The zero-order valence-electron chi connectivity index (χ0n) is 12.7. The number of aromatic nitrogens is 2. The van der Waals surface area contributed by atoms with Crippen LogP contribution in [0.4, 0.5) is 4.39 Å². The van der Waals surface area contributed by atoms with Gasteiger partial charge in [-0.25, -0.2) is 9.37 Å². The standard InChI is InChI=1S/C17H20FN3O/c1-20(17(22)11-13-3-2-4-15(18)9-13)12-14-5-7-21-8-6-19-16(21)10-14/h2-4,6,8-9,14H,5,7,10-12H2,1H3/t14-/m0/s1. The van der Waals surface area contributed by atoms with Gasteiger partial charge in [0.05, 0.1) is 6.42 Å². The van der Waals surface area contributed by atoms with Crippen LogP contribution in [0.15, 0.2) is 36.7 Å². The predicted molar refractivity (Wildman–Crippen MR) is 81.8 cm³/mol. The first-order chi connectivity index (χ1) is 10.6. The highest BCUT2D eigenvalue weighted by atomic mass is 19.1. The predicted octanol–water partition coefficient (Wildman–Crippen LogP) is 2.29. The number of hydrogen-bond donors (Lipinski definition) is 0. The summed E-state index contributed by atoms with van der Waals surface area (Å²) in [5, 5.41) is 0. The van der Waals surface area contributed by atoms with Crippen LogP contribution in [0.5, 0.6) is 0 Å². The highest BCUT2D eigenvalue weighted by molar-refractivity contribution is 5.78. The normalized spacial score (nSPS) is 17.1. The number of fused-ring (bicyclic) bond motifs is 1. The molecule has 0 unspecified atom stereocenters. The first-order valence-corrected chi connectivity index (χ1v) is 7.60. The summed E-state index contributed by atoms with van der Waals surface area (Å²) in [4.78, 5) is 18.4. The number of halogens is 1. The highest BCUT2D eigenvalue weighted by Crippen LogP contribution is 2.20. The minimum Gasteiger partial charge on any atom is -0.345 e. The Balaban J connectivity index is 1.55. The summed E-state index contributed by atoms with van der Waals surface area (Å²) in [7, 11) is 1.82. The molecule has 1 aromatic heterocycles. The van der Waals surface area contributed by atoms with E-state index in [2.05, 4.69) is 9.55 Å². The van der Waals surface area contributed by atoms with E-state index in [1.807, 2.05) is 19.4 Å². The molecule has 1 aliphatic heterocycles. The van der Waals surface area contributed by atoms with Crippen molar-refractivity contribution in [3.05, 3.63) is 53.9 Å². The molecule has 1 amide bonds. The van der Waals surface area contributed by atoms with Crippen molar-refractivity contribution >= 4 is 5.91 Å². The van der Waals surface area contributed by atoms with Crippen molar-refractivity contribution in [1.29, 1.82) is 0 Å². The number of benzene rings is 1. The number of carbonyl (C=O) groups is 1. The molecule has 4 nitrogen and oxygen atoms in total. The molecular formula is C17H20FN3O. The van der Waals surface area contributed by atoms with Gasteiger partial charge in [-0.2, -0.15) is 0 Å². The molecule has 0 saturated heterocycles. The van der Waals surface area contributed by atoms with E-state index in [0.717, 1.165) is 37.3 Å². The van der Waals surface area contributed by atoms with Gasteiger partial charge < -0.3 is 9.47 Å². The first-order valence-electron chi connectivity index (χ1n) is 7.60. The van der Waals surface area contributed by atoms with Crippen LogP contribution in [-0.2, 0) is 24.2 Å². The number of rotatable bonds is 4. The lowest BCUT2D eigenvalue weighted by Crippen LogP contribution is -2.35. The van der Waals surface area contributed by atoms with Gasteiger partial charge in [-0.3, -0.25) is 4.79 Å². The Morgan fingerprint density at radius 1 is 1.50 bits per heavy atom. The molecule has 0 saturated carbocycles.